The van der Waals surface area contributed by atoms with Gasteiger partial charge in [-0.05, 0) is 43.7 Å². The Labute approximate surface area is 119 Å². The molecular weight excluding hydrogens is 250 g/mol. The Kier molecular flexibility index (Phi) is 4.03. The van der Waals surface area contributed by atoms with Crippen LogP contribution in [0.25, 0.3) is 0 Å². The molecule has 0 aliphatic heterocycles. The first-order valence-electron chi connectivity index (χ1n) is 6.54. The zero-order chi connectivity index (χ0) is 14.7. The Morgan fingerprint density at radius 3 is 2.65 bits per heavy atom. The van der Waals surface area contributed by atoms with E-state index in [1.165, 1.54) is 0 Å². The van der Waals surface area contributed by atoms with Crippen LogP contribution in [-0.2, 0) is 0 Å². The van der Waals surface area contributed by atoms with E-state index in [9.17, 15) is 4.79 Å². The number of pyridine rings is 1. The molecule has 4 nitrogen and oxygen atoms in total. The van der Waals surface area contributed by atoms with Crippen molar-refractivity contribution in [3.8, 4) is 0 Å². The molecule has 0 saturated heterocycles. The van der Waals surface area contributed by atoms with Gasteiger partial charge in [-0.25, -0.2) is 0 Å². The molecule has 1 aromatic carbocycles. The third-order valence-electron chi connectivity index (χ3n) is 3.45. The molecule has 0 saturated carbocycles. The zero-order valence-corrected chi connectivity index (χ0v) is 12.0. The zero-order valence-electron chi connectivity index (χ0n) is 12.0. The van der Waals surface area contributed by atoms with Gasteiger partial charge >= 0.3 is 0 Å². The quantitative estimate of drug-likeness (QED) is 0.872. The Balaban J connectivity index is 2.20. The molecule has 0 bridgehead atoms. The van der Waals surface area contributed by atoms with Crippen molar-refractivity contribution in [1.82, 2.24) is 9.88 Å². The number of aromatic nitrogens is 1. The van der Waals surface area contributed by atoms with E-state index in [1.54, 1.807) is 24.2 Å². The van der Waals surface area contributed by atoms with Crippen molar-refractivity contribution >= 4 is 11.6 Å². The van der Waals surface area contributed by atoms with Gasteiger partial charge in [-0.15, -0.1) is 0 Å². The van der Waals surface area contributed by atoms with Gasteiger partial charge in [0.05, 0.1) is 11.6 Å². The third kappa shape index (κ3) is 2.96. The van der Waals surface area contributed by atoms with Crippen molar-refractivity contribution in [2.24, 2.45) is 0 Å². The van der Waals surface area contributed by atoms with Crippen LogP contribution in [0.3, 0.4) is 0 Å². The normalized spacial score (nSPS) is 11.9. The van der Waals surface area contributed by atoms with E-state index in [1.807, 2.05) is 44.2 Å². The Morgan fingerprint density at radius 2 is 2.05 bits per heavy atom. The number of nitrogens with zero attached hydrogens (tertiary/aromatic N) is 2. The molecule has 0 aliphatic carbocycles. The highest BCUT2D eigenvalue weighted by atomic mass is 16.2. The maximum Gasteiger partial charge on any atom is 0.255 e. The Bertz CT molecular complexity index is 607. The van der Waals surface area contributed by atoms with E-state index in [0.717, 1.165) is 11.3 Å². The molecule has 1 atom stereocenters. The van der Waals surface area contributed by atoms with Crippen molar-refractivity contribution in [2.75, 3.05) is 12.8 Å². The lowest BCUT2D eigenvalue weighted by Gasteiger charge is -2.25. The largest absolute Gasteiger partial charge is 0.399 e. The predicted octanol–water partition coefficient (Wildman–Crippen LogP) is 2.81. The van der Waals surface area contributed by atoms with Gasteiger partial charge in [-0.1, -0.05) is 12.1 Å². The molecule has 104 valence electrons. The van der Waals surface area contributed by atoms with Crippen LogP contribution in [0.2, 0.25) is 0 Å². The summed E-state index contributed by atoms with van der Waals surface area (Å²) >= 11 is 0. The fourth-order valence-electron chi connectivity index (χ4n) is 2.02. The van der Waals surface area contributed by atoms with Crippen molar-refractivity contribution < 1.29 is 4.79 Å². The summed E-state index contributed by atoms with van der Waals surface area (Å²) < 4.78 is 0. The maximum absolute atomic E-state index is 12.4. The summed E-state index contributed by atoms with van der Waals surface area (Å²) in [5, 5.41) is 0. The smallest absolute Gasteiger partial charge is 0.255 e. The number of nitrogen functional groups attached to an aromatic ring is 1. The Hall–Kier alpha value is -2.36. The fourth-order valence-corrected chi connectivity index (χ4v) is 2.02. The lowest BCUT2D eigenvalue weighted by atomic mass is 10.1. The first-order valence-corrected chi connectivity index (χ1v) is 6.54. The van der Waals surface area contributed by atoms with E-state index < -0.39 is 0 Å². The number of aryl methyl sites for hydroxylation is 1. The second-order valence-electron chi connectivity index (χ2n) is 4.95. The van der Waals surface area contributed by atoms with E-state index in [2.05, 4.69) is 4.98 Å². The van der Waals surface area contributed by atoms with E-state index >= 15 is 0 Å². The molecule has 4 heteroatoms. The van der Waals surface area contributed by atoms with Gasteiger partial charge in [-0.2, -0.15) is 0 Å². The summed E-state index contributed by atoms with van der Waals surface area (Å²) in [4.78, 5) is 18.3. The monoisotopic (exact) mass is 269 g/mol. The minimum Gasteiger partial charge on any atom is -0.399 e. The second kappa shape index (κ2) is 5.74. The fraction of sp³-hybridized carbons (Fsp3) is 0.250. The lowest BCUT2D eigenvalue weighted by Crippen LogP contribution is -2.29. The lowest BCUT2D eigenvalue weighted by molar-refractivity contribution is 0.0742. The van der Waals surface area contributed by atoms with Gasteiger partial charge in [0.15, 0.2) is 0 Å². The molecule has 20 heavy (non-hydrogen) atoms. The first kappa shape index (κ1) is 14.1. The van der Waals surface area contributed by atoms with Gasteiger partial charge in [0.25, 0.3) is 5.91 Å². The number of carbonyl (C=O) groups excluding carboxylic acids is 1. The van der Waals surface area contributed by atoms with Crippen LogP contribution in [0.4, 0.5) is 5.69 Å². The number of amides is 1. The van der Waals surface area contributed by atoms with Crippen LogP contribution in [0.5, 0.6) is 0 Å². The summed E-state index contributed by atoms with van der Waals surface area (Å²) in [6, 6.07) is 11.2. The van der Waals surface area contributed by atoms with Gasteiger partial charge in [0.1, 0.15) is 0 Å². The second-order valence-corrected chi connectivity index (χ2v) is 4.95. The highest BCUT2D eigenvalue weighted by Gasteiger charge is 2.19. The number of rotatable bonds is 3. The first-order chi connectivity index (χ1) is 9.49. The minimum absolute atomic E-state index is 0.0487. The van der Waals surface area contributed by atoms with Gasteiger partial charge in [0.2, 0.25) is 0 Å². The highest BCUT2D eigenvalue weighted by Crippen LogP contribution is 2.22. The summed E-state index contributed by atoms with van der Waals surface area (Å²) in [5.74, 6) is -0.0487. The van der Waals surface area contributed by atoms with Crippen LogP contribution >= 0.6 is 0 Å². The van der Waals surface area contributed by atoms with Crippen LogP contribution in [-0.4, -0.2) is 22.8 Å². The van der Waals surface area contributed by atoms with Crippen LogP contribution < -0.4 is 5.73 Å². The SMILES string of the molecule is Cc1ccc(C(=O)N(C)C(C)c2cccc(N)c2)cn1. The highest BCUT2D eigenvalue weighted by molar-refractivity contribution is 5.94. The molecule has 1 heterocycles. The van der Waals surface area contributed by atoms with Crippen molar-refractivity contribution in [3.05, 3.63) is 59.4 Å². The molecule has 0 aliphatic rings. The molecule has 2 aromatic rings. The van der Waals surface area contributed by atoms with Gasteiger partial charge in [0, 0.05) is 24.6 Å². The van der Waals surface area contributed by atoms with Crippen molar-refractivity contribution in [3.63, 3.8) is 0 Å². The maximum atomic E-state index is 12.4. The summed E-state index contributed by atoms with van der Waals surface area (Å²) in [6.45, 7) is 3.88. The van der Waals surface area contributed by atoms with E-state index in [0.29, 0.717) is 11.3 Å². The minimum atomic E-state index is -0.0488. The average Bonchev–Trinajstić information content (AvgIpc) is 2.46. The number of carbonyl (C=O) groups is 1. The standard InChI is InChI=1S/C16H19N3O/c1-11-7-8-14(10-18-11)16(20)19(3)12(2)13-5-4-6-15(17)9-13/h4-10,12H,17H2,1-3H3. The molecule has 2 rings (SSSR count). The molecule has 0 spiro atoms. The molecule has 1 amide bonds. The summed E-state index contributed by atoms with van der Waals surface area (Å²) in [6.07, 6.45) is 1.61. The molecule has 2 N–H and O–H groups in total. The molecule has 0 fully saturated rings. The van der Waals surface area contributed by atoms with Crippen LogP contribution in [0.1, 0.15) is 34.6 Å². The molecule has 1 unspecified atom stereocenters. The average molecular weight is 269 g/mol. The number of hydrogen-bond donors (Lipinski definition) is 1. The molecular formula is C16H19N3O. The number of nitrogens with two attached hydrogens (primary N) is 1. The number of hydrogen-bond acceptors (Lipinski definition) is 3. The number of anilines is 1. The van der Waals surface area contributed by atoms with Crippen LogP contribution in [0.15, 0.2) is 42.6 Å². The summed E-state index contributed by atoms with van der Waals surface area (Å²) in [7, 11) is 1.79. The molecule has 0 radical (unpaired) electrons. The topological polar surface area (TPSA) is 59.2 Å². The van der Waals surface area contributed by atoms with Crippen molar-refractivity contribution in [2.45, 2.75) is 19.9 Å². The Morgan fingerprint density at radius 1 is 1.30 bits per heavy atom. The number of benzene rings is 1. The van der Waals surface area contributed by atoms with Crippen LogP contribution in [0, 0.1) is 6.92 Å². The van der Waals surface area contributed by atoms with Gasteiger partial charge < -0.3 is 10.6 Å². The predicted molar refractivity (Wildman–Crippen MR) is 80.3 cm³/mol. The summed E-state index contributed by atoms with van der Waals surface area (Å²) in [5.41, 5.74) is 8.99. The van der Waals surface area contributed by atoms with Crippen molar-refractivity contribution in [1.29, 1.82) is 0 Å². The van der Waals surface area contributed by atoms with Gasteiger partial charge in [-0.3, -0.25) is 9.78 Å². The van der Waals surface area contributed by atoms with E-state index in [4.69, 9.17) is 5.73 Å². The third-order valence-corrected chi connectivity index (χ3v) is 3.45. The molecule has 1 aromatic heterocycles. The van der Waals surface area contributed by atoms with E-state index in [-0.39, 0.29) is 11.9 Å².